The molecule has 0 saturated carbocycles. The smallest absolute Gasteiger partial charge is 0.407 e. The molecule has 2 N–H and O–H groups in total. The number of ether oxygens (including phenoxy) is 1. The summed E-state index contributed by atoms with van der Waals surface area (Å²) in [4.78, 5) is 38.2. The molecule has 1 heterocycles. The normalized spacial score (nSPS) is 21.7. The first-order chi connectivity index (χ1) is 16.2. The molecule has 2 amide bonds. The summed E-state index contributed by atoms with van der Waals surface area (Å²) in [6.07, 6.45) is 1.08. The van der Waals surface area contributed by atoms with E-state index in [2.05, 4.69) is 29.6 Å². The van der Waals surface area contributed by atoms with Gasteiger partial charge in [0, 0.05) is 31.1 Å². The summed E-state index contributed by atoms with van der Waals surface area (Å²) >= 11 is 0. The molecular weight excluding hydrogens is 432 g/mol. The molecule has 0 spiro atoms. The predicted octanol–water partition coefficient (Wildman–Crippen LogP) is 4.04. The maximum atomic E-state index is 12.7. The molecule has 2 aliphatic rings. The van der Waals surface area contributed by atoms with Crippen molar-refractivity contribution in [2.75, 3.05) is 26.2 Å². The first kappa shape index (κ1) is 23.5. The van der Waals surface area contributed by atoms with Crippen molar-refractivity contribution in [1.29, 1.82) is 0 Å². The van der Waals surface area contributed by atoms with Crippen LogP contribution < -0.4 is 5.32 Å². The number of rotatable bonds is 6. The number of carbonyl (C=O) groups excluding carboxylic acids is 2. The summed E-state index contributed by atoms with van der Waals surface area (Å²) in [5.74, 6) is -1.27. The van der Waals surface area contributed by atoms with E-state index in [-0.39, 0.29) is 37.4 Å². The Morgan fingerprint density at radius 3 is 2.26 bits per heavy atom. The fraction of sp³-hybridized carbons (Fsp3) is 0.370. The Morgan fingerprint density at radius 2 is 1.71 bits per heavy atom. The van der Waals surface area contributed by atoms with E-state index in [1.54, 1.807) is 24.8 Å². The molecule has 34 heavy (non-hydrogen) atoms. The quantitative estimate of drug-likeness (QED) is 0.632. The van der Waals surface area contributed by atoms with Crippen molar-refractivity contribution in [3.63, 3.8) is 0 Å². The molecule has 1 saturated heterocycles. The minimum Gasteiger partial charge on any atom is -0.481 e. The van der Waals surface area contributed by atoms with E-state index in [4.69, 9.17) is 4.74 Å². The number of aliphatic carboxylic acids is 1. The zero-order valence-electron chi connectivity index (χ0n) is 19.7. The van der Waals surface area contributed by atoms with Gasteiger partial charge < -0.3 is 20.1 Å². The van der Waals surface area contributed by atoms with Crippen LogP contribution in [0.5, 0.6) is 0 Å². The second kappa shape index (κ2) is 9.33. The third-order valence-corrected chi connectivity index (χ3v) is 7.21. The van der Waals surface area contributed by atoms with Crippen LogP contribution in [0.1, 0.15) is 37.8 Å². The number of amides is 2. The highest BCUT2D eigenvalue weighted by Crippen LogP contribution is 2.44. The third kappa shape index (κ3) is 4.30. The van der Waals surface area contributed by atoms with E-state index < -0.39 is 17.5 Å². The van der Waals surface area contributed by atoms with Crippen LogP contribution in [0.15, 0.2) is 60.2 Å². The fourth-order valence-corrected chi connectivity index (χ4v) is 4.86. The first-order valence-electron chi connectivity index (χ1n) is 11.5. The minimum atomic E-state index is -0.949. The largest absolute Gasteiger partial charge is 0.481 e. The summed E-state index contributed by atoms with van der Waals surface area (Å²) in [5, 5.41) is 12.2. The number of nitrogens with one attached hydrogen (secondary N) is 1. The highest BCUT2D eigenvalue weighted by molar-refractivity contribution is 5.94. The number of carbonyl (C=O) groups is 3. The Balaban J connectivity index is 1.30. The van der Waals surface area contributed by atoms with Gasteiger partial charge in [0.1, 0.15) is 6.61 Å². The lowest BCUT2D eigenvalue weighted by Gasteiger charge is -2.22. The van der Waals surface area contributed by atoms with Crippen LogP contribution in [-0.4, -0.2) is 54.2 Å². The van der Waals surface area contributed by atoms with Crippen LogP contribution in [0.25, 0.3) is 11.1 Å². The van der Waals surface area contributed by atoms with Gasteiger partial charge in [-0.1, -0.05) is 61.5 Å². The summed E-state index contributed by atoms with van der Waals surface area (Å²) in [7, 11) is 0. The van der Waals surface area contributed by atoms with Crippen molar-refractivity contribution < 1.29 is 24.2 Å². The first-order valence-corrected chi connectivity index (χ1v) is 11.5. The van der Waals surface area contributed by atoms with Gasteiger partial charge in [0.05, 0.1) is 5.41 Å². The lowest BCUT2D eigenvalue weighted by Crippen LogP contribution is -2.36. The third-order valence-electron chi connectivity index (χ3n) is 7.21. The van der Waals surface area contributed by atoms with Crippen molar-refractivity contribution in [1.82, 2.24) is 10.2 Å². The maximum absolute atomic E-state index is 12.7. The summed E-state index contributed by atoms with van der Waals surface area (Å²) in [6, 6.07) is 16.3. The standard InChI is InChI=1S/C27H30N2O5/c1-17(24(30)29-14-18(2)27(3,16-29)25(31)32)12-13-28-26(33)34-15-23-21-10-6-4-8-19(21)20-9-5-7-11-22(20)23/h4-12,18,23H,13-16H2,1-3H3,(H,28,33)(H,31,32)/b17-12+/t18-,27-/m0/s1. The van der Waals surface area contributed by atoms with Gasteiger partial charge in [0.15, 0.2) is 0 Å². The number of hydrogen-bond donors (Lipinski definition) is 2. The highest BCUT2D eigenvalue weighted by Gasteiger charge is 2.47. The molecule has 178 valence electrons. The Morgan fingerprint density at radius 1 is 1.12 bits per heavy atom. The van der Waals surface area contributed by atoms with Crippen LogP contribution in [0.3, 0.4) is 0 Å². The number of carboxylic acids is 1. The monoisotopic (exact) mass is 462 g/mol. The Bertz CT molecular complexity index is 1110. The van der Waals surface area contributed by atoms with Crippen molar-refractivity contribution in [2.24, 2.45) is 11.3 Å². The van der Waals surface area contributed by atoms with Crippen LogP contribution in [0.2, 0.25) is 0 Å². The minimum absolute atomic E-state index is 0.0160. The van der Waals surface area contributed by atoms with Crippen LogP contribution >= 0.6 is 0 Å². The van der Waals surface area contributed by atoms with Crippen molar-refractivity contribution in [3.8, 4) is 11.1 Å². The summed E-state index contributed by atoms with van der Waals surface area (Å²) < 4.78 is 5.51. The van der Waals surface area contributed by atoms with Gasteiger partial charge in [0.2, 0.25) is 5.91 Å². The Labute approximate surface area is 199 Å². The van der Waals surface area contributed by atoms with Crippen LogP contribution in [0, 0.1) is 11.3 Å². The second-order valence-electron chi connectivity index (χ2n) is 9.40. The van der Waals surface area contributed by atoms with E-state index >= 15 is 0 Å². The molecule has 1 aliphatic heterocycles. The number of likely N-dealkylation sites (tertiary alicyclic amines) is 1. The molecule has 0 bridgehead atoms. The summed E-state index contributed by atoms with van der Waals surface area (Å²) in [6.45, 7) is 6.13. The van der Waals surface area contributed by atoms with Gasteiger partial charge in [-0.2, -0.15) is 0 Å². The summed E-state index contributed by atoms with van der Waals surface area (Å²) in [5.41, 5.74) is 4.13. The highest BCUT2D eigenvalue weighted by atomic mass is 16.5. The van der Waals surface area contributed by atoms with E-state index in [1.165, 1.54) is 11.1 Å². The number of nitrogens with zero attached hydrogens (tertiary/aromatic N) is 1. The molecule has 0 radical (unpaired) electrons. The van der Waals surface area contributed by atoms with Crippen molar-refractivity contribution >= 4 is 18.0 Å². The van der Waals surface area contributed by atoms with Gasteiger partial charge in [-0.15, -0.1) is 0 Å². The lowest BCUT2D eigenvalue weighted by molar-refractivity contribution is -0.149. The lowest BCUT2D eigenvalue weighted by atomic mass is 9.81. The van der Waals surface area contributed by atoms with Crippen molar-refractivity contribution in [2.45, 2.75) is 26.7 Å². The van der Waals surface area contributed by atoms with E-state index in [0.29, 0.717) is 12.1 Å². The molecule has 4 rings (SSSR count). The van der Waals surface area contributed by atoms with E-state index in [0.717, 1.165) is 11.1 Å². The van der Waals surface area contributed by atoms with E-state index in [9.17, 15) is 19.5 Å². The van der Waals surface area contributed by atoms with Gasteiger partial charge >= 0.3 is 12.1 Å². The topological polar surface area (TPSA) is 95.9 Å². The molecule has 2 aromatic rings. The van der Waals surface area contributed by atoms with Gasteiger partial charge in [-0.3, -0.25) is 9.59 Å². The molecule has 1 fully saturated rings. The van der Waals surface area contributed by atoms with Gasteiger partial charge in [0.25, 0.3) is 0 Å². The fourth-order valence-electron chi connectivity index (χ4n) is 4.86. The zero-order chi connectivity index (χ0) is 24.5. The van der Waals surface area contributed by atoms with Gasteiger partial charge in [-0.05, 0) is 42.0 Å². The number of carboxylic acid groups (broad SMARTS) is 1. The number of benzene rings is 2. The second-order valence-corrected chi connectivity index (χ2v) is 9.40. The van der Waals surface area contributed by atoms with Crippen LogP contribution in [-0.2, 0) is 14.3 Å². The molecule has 7 nitrogen and oxygen atoms in total. The molecule has 7 heteroatoms. The molecule has 0 aromatic heterocycles. The Kier molecular flexibility index (Phi) is 6.46. The number of hydrogen-bond acceptors (Lipinski definition) is 4. The van der Waals surface area contributed by atoms with Crippen LogP contribution in [0.4, 0.5) is 4.79 Å². The zero-order valence-corrected chi connectivity index (χ0v) is 19.7. The molecule has 2 aromatic carbocycles. The molecule has 1 aliphatic carbocycles. The van der Waals surface area contributed by atoms with Gasteiger partial charge in [-0.25, -0.2) is 4.79 Å². The SMILES string of the molecule is C/C(=C\CNC(=O)OCC1c2ccccc2-c2ccccc21)C(=O)N1C[C@H](C)[C@@](C)(C(=O)O)C1. The Hall–Kier alpha value is -3.61. The molecular formula is C27H30N2O5. The number of fused-ring (bicyclic) bond motifs is 3. The predicted molar refractivity (Wildman–Crippen MR) is 128 cm³/mol. The van der Waals surface area contributed by atoms with E-state index in [1.807, 2.05) is 31.2 Å². The molecule has 0 unspecified atom stereocenters. The molecule has 2 atom stereocenters. The van der Waals surface area contributed by atoms with Crippen molar-refractivity contribution in [3.05, 3.63) is 71.3 Å². The maximum Gasteiger partial charge on any atom is 0.407 e. The average molecular weight is 463 g/mol. The number of alkyl carbamates (subject to hydrolysis) is 1. The average Bonchev–Trinajstić information content (AvgIpc) is 3.32.